The van der Waals surface area contributed by atoms with Crippen LogP contribution in [0.1, 0.15) is 86.8 Å². The highest BCUT2D eigenvalue weighted by Crippen LogP contribution is 2.62. The molecule has 1 fully saturated rings. The van der Waals surface area contributed by atoms with E-state index in [0.29, 0.717) is 11.4 Å². The molecule has 3 aliphatic carbocycles. The van der Waals surface area contributed by atoms with Crippen molar-refractivity contribution in [2.24, 2.45) is 11.8 Å². The van der Waals surface area contributed by atoms with Crippen molar-refractivity contribution >= 4 is 17.5 Å². The van der Waals surface area contributed by atoms with Crippen LogP contribution in [0.2, 0.25) is 0 Å². The normalized spacial score (nSPS) is 24.1. The standard InChI is InChI=1S/C33H35NO3/c1-32(2,3)18-8-14-22-24(16-18)26-23-15-9-19(33(4,5)6)17-25(23)27(22)29-28(26)30(35)34(31(29)36)20-10-12-21(37-7)13-11-20/h8-17,26-29H,1-7H3/t26-,27-,28-,29-/m1/s1. The molecule has 2 bridgehead atoms. The van der Waals surface area contributed by atoms with E-state index < -0.39 is 11.8 Å². The van der Waals surface area contributed by atoms with E-state index in [4.69, 9.17) is 4.74 Å². The van der Waals surface area contributed by atoms with Gasteiger partial charge in [-0.1, -0.05) is 77.9 Å². The number of carbonyl (C=O) groups excluding carboxylic acids is 2. The molecule has 0 radical (unpaired) electrons. The maximum atomic E-state index is 14.1. The van der Waals surface area contributed by atoms with Gasteiger partial charge in [-0.2, -0.15) is 0 Å². The summed E-state index contributed by atoms with van der Waals surface area (Å²) in [5, 5.41) is 0. The first-order chi connectivity index (χ1) is 17.4. The van der Waals surface area contributed by atoms with Crippen molar-refractivity contribution in [3.63, 3.8) is 0 Å². The Bertz CT molecular complexity index is 1350. The maximum absolute atomic E-state index is 14.1. The average Bonchev–Trinajstić information content (AvgIpc) is 3.12. The maximum Gasteiger partial charge on any atom is 0.238 e. The number of methoxy groups -OCH3 is 1. The van der Waals surface area contributed by atoms with Gasteiger partial charge in [0.25, 0.3) is 0 Å². The first-order valence-electron chi connectivity index (χ1n) is 13.2. The van der Waals surface area contributed by atoms with E-state index >= 15 is 0 Å². The van der Waals surface area contributed by atoms with Crippen LogP contribution in [0.5, 0.6) is 5.75 Å². The second kappa shape index (κ2) is 7.80. The first kappa shape index (κ1) is 24.0. The molecule has 190 valence electrons. The second-order valence-electron chi connectivity index (χ2n) is 12.9. The minimum absolute atomic E-state index is 0.00528. The highest BCUT2D eigenvalue weighted by atomic mass is 16.5. The Morgan fingerprint density at radius 2 is 1.05 bits per heavy atom. The van der Waals surface area contributed by atoms with Gasteiger partial charge >= 0.3 is 0 Å². The molecule has 0 saturated carbocycles. The number of hydrogen-bond donors (Lipinski definition) is 0. The molecule has 1 heterocycles. The van der Waals surface area contributed by atoms with Gasteiger partial charge in [-0.15, -0.1) is 0 Å². The van der Waals surface area contributed by atoms with Crippen LogP contribution in [0.15, 0.2) is 60.7 Å². The van der Waals surface area contributed by atoms with Crippen molar-refractivity contribution in [3.8, 4) is 5.75 Å². The van der Waals surface area contributed by atoms with Crippen molar-refractivity contribution in [1.29, 1.82) is 0 Å². The zero-order valence-electron chi connectivity index (χ0n) is 22.8. The summed E-state index contributed by atoms with van der Waals surface area (Å²) in [5.41, 5.74) is 7.96. The highest BCUT2D eigenvalue weighted by Gasteiger charge is 2.62. The molecule has 0 spiro atoms. The van der Waals surface area contributed by atoms with Crippen LogP contribution in [-0.4, -0.2) is 18.9 Å². The fourth-order valence-corrected chi connectivity index (χ4v) is 6.70. The molecular formula is C33H35NO3. The molecule has 1 saturated heterocycles. The topological polar surface area (TPSA) is 46.6 Å². The average molecular weight is 494 g/mol. The predicted molar refractivity (Wildman–Crippen MR) is 146 cm³/mol. The number of carbonyl (C=O) groups is 2. The number of ether oxygens (including phenoxy) is 1. The van der Waals surface area contributed by atoms with Gasteiger partial charge in [0.05, 0.1) is 24.6 Å². The largest absolute Gasteiger partial charge is 0.497 e. The molecule has 2 amide bonds. The SMILES string of the molecule is COc1ccc(N2C(=O)[C@@H]3[C@@H]4c5ccc(C(C)(C)C)cc5[C@@H](c5ccc(C(C)(C)C)cc54)[C@H]3C2=O)cc1. The third kappa shape index (κ3) is 3.41. The number of imide groups is 1. The molecule has 1 aliphatic heterocycles. The van der Waals surface area contributed by atoms with Gasteiger partial charge in [-0.25, -0.2) is 4.90 Å². The fourth-order valence-electron chi connectivity index (χ4n) is 6.70. The van der Waals surface area contributed by atoms with Crippen LogP contribution in [-0.2, 0) is 20.4 Å². The Morgan fingerprint density at radius 1 is 0.622 bits per heavy atom. The lowest BCUT2D eigenvalue weighted by Crippen LogP contribution is -2.42. The Hall–Kier alpha value is -3.40. The monoisotopic (exact) mass is 493 g/mol. The molecule has 0 unspecified atom stereocenters. The van der Waals surface area contributed by atoms with Crippen LogP contribution in [0.3, 0.4) is 0 Å². The number of anilines is 1. The van der Waals surface area contributed by atoms with Gasteiger partial charge in [0.2, 0.25) is 11.8 Å². The Balaban J connectivity index is 1.55. The number of benzene rings is 3. The molecule has 4 atom stereocenters. The highest BCUT2D eigenvalue weighted by molar-refractivity contribution is 6.23. The lowest BCUT2D eigenvalue weighted by atomic mass is 9.54. The van der Waals surface area contributed by atoms with Gasteiger partial charge in [0.15, 0.2) is 0 Å². The molecule has 4 heteroatoms. The first-order valence-corrected chi connectivity index (χ1v) is 13.2. The summed E-state index contributed by atoms with van der Waals surface area (Å²) >= 11 is 0. The fraction of sp³-hybridized carbons (Fsp3) is 0.394. The van der Waals surface area contributed by atoms with Crippen LogP contribution in [0.25, 0.3) is 0 Å². The predicted octanol–water partition coefficient (Wildman–Crippen LogP) is 6.69. The zero-order chi connectivity index (χ0) is 26.4. The van der Waals surface area contributed by atoms with E-state index in [-0.39, 0.29) is 34.5 Å². The van der Waals surface area contributed by atoms with Crippen molar-refractivity contribution in [3.05, 3.63) is 94.0 Å². The summed E-state index contributed by atoms with van der Waals surface area (Å²) in [4.78, 5) is 29.6. The lowest BCUT2D eigenvalue weighted by molar-refractivity contribution is -0.122. The summed E-state index contributed by atoms with van der Waals surface area (Å²) in [7, 11) is 1.61. The van der Waals surface area contributed by atoms with E-state index in [1.165, 1.54) is 38.3 Å². The third-order valence-electron chi connectivity index (χ3n) is 8.69. The summed E-state index contributed by atoms with van der Waals surface area (Å²) < 4.78 is 5.30. The van der Waals surface area contributed by atoms with Gasteiger partial charge in [-0.3, -0.25) is 9.59 Å². The smallest absolute Gasteiger partial charge is 0.238 e. The number of rotatable bonds is 2. The third-order valence-corrected chi connectivity index (χ3v) is 8.69. The van der Waals surface area contributed by atoms with E-state index in [0.717, 1.165) is 0 Å². The number of hydrogen-bond acceptors (Lipinski definition) is 3. The van der Waals surface area contributed by atoms with Crippen LogP contribution < -0.4 is 9.64 Å². The molecule has 4 nitrogen and oxygen atoms in total. The summed E-state index contributed by atoms with van der Waals surface area (Å²) in [5.74, 6) is -0.526. The Labute approximate surface area is 219 Å². The minimum atomic E-state index is -0.393. The minimum Gasteiger partial charge on any atom is -0.497 e. The molecule has 7 rings (SSSR count). The van der Waals surface area contributed by atoms with Crippen molar-refractivity contribution in [1.82, 2.24) is 0 Å². The van der Waals surface area contributed by atoms with Gasteiger partial charge in [0.1, 0.15) is 5.75 Å². The Morgan fingerprint density at radius 3 is 1.43 bits per heavy atom. The quantitative estimate of drug-likeness (QED) is 0.374. The summed E-state index contributed by atoms with van der Waals surface area (Å²) in [6.07, 6.45) is 0. The molecular weight excluding hydrogens is 458 g/mol. The van der Waals surface area contributed by atoms with Crippen molar-refractivity contribution in [2.75, 3.05) is 12.0 Å². The molecule has 0 aromatic heterocycles. The van der Waals surface area contributed by atoms with E-state index in [1.807, 2.05) is 12.1 Å². The van der Waals surface area contributed by atoms with Crippen LogP contribution in [0, 0.1) is 11.8 Å². The van der Waals surface area contributed by atoms with E-state index in [9.17, 15) is 9.59 Å². The number of nitrogens with zero attached hydrogens (tertiary/aromatic N) is 1. The molecule has 4 aliphatic rings. The Kier molecular flexibility index (Phi) is 5.05. The second-order valence-corrected chi connectivity index (χ2v) is 12.9. The van der Waals surface area contributed by atoms with Crippen molar-refractivity contribution in [2.45, 2.75) is 64.2 Å². The van der Waals surface area contributed by atoms with Crippen LogP contribution >= 0.6 is 0 Å². The lowest BCUT2D eigenvalue weighted by Gasteiger charge is -2.47. The van der Waals surface area contributed by atoms with Crippen LogP contribution in [0.4, 0.5) is 5.69 Å². The molecule has 3 aromatic carbocycles. The van der Waals surface area contributed by atoms with Gasteiger partial charge in [0, 0.05) is 11.8 Å². The molecule has 0 N–H and O–H groups in total. The molecule has 3 aromatic rings. The zero-order valence-corrected chi connectivity index (χ0v) is 22.8. The van der Waals surface area contributed by atoms with Gasteiger partial charge < -0.3 is 4.74 Å². The number of amides is 2. The summed E-state index contributed by atoms with van der Waals surface area (Å²) in [6.45, 7) is 13.3. The van der Waals surface area contributed by atoms with Gasteiger partial charge in [-0.05, 0) is 68.5 Å². The van der Waals surface area contributed by atoms with Crippen molar-refractivity contribution < 1.29 is 14.3 Å². The summed E-state index contributed by atoms with van der Waals surface area (Å²) in [6, 6.07) is 20.7. The van der Waals surface area contributed by atoms with E-state index in [1.54, 1.807) is 19.2 Å². The van der Waals surface area contributed by atoms with E-state index in [2.05, 4.69) is 77.9 Å². The molecule has 37 heavy (non-hydrogen) atoms.